The van der Waals surface area contributed by atoms with Gasteiger partial charge in [-0.3, -0.25) is 9.59 Å². The molecule has 9 heteroatoms. The molecule has 4 heterocycles. The molecule has 0 aromatic carbocycles. The minimum absolute atomic E-state index is 0.123. The van der Waals surface area contributed by atoms with Crippen LogP contribution >= 0.6 is 0 Å². The lowest BCUT2D eigenvalue weighted by Crippen LogP contribution is -2.49. The third-order valence-corrected chi connectivity index (χ3v) is 8.38. The molecule has 0 spiro atoms. The van der Waals surface area contributed by atoms with Gasteiger partial charge in [-0.15, -0.1) is 0 Å². The van der Waals surface area contributed by atoms with Crippen LogP contribution in [0.5, 0.6) is 0 Å². The number of nitrogens with zero attached hydrogens (tertiary/aromatic N) is 3. The Balaban J connectivity index is 1.21. The Morgan fingerprint density at radius 3 is 2.39 bits per heavy atom. The number of hydrogen-bond acceptors (Lipinski definition) is 5. The van der Waals surface area contributed by atoms with Crippen molar-refractivity contribution in [2.75, 3.05) is 31.5 Å². The highest BCUT2D eigenvalue weighted by Gasteiger charge is 2.35. The number of piperidine rings is 2. The van der Waals surface area contributed by atoms with Gasteiger partial charge >= 0.3 is 6.03 Å². The van der Waals surface area contributed by atoms with Gasteiger partial charge in [0, 0.05) is 31.9 Å². The Bertz CT molecular complexity index is 1130. The second-order valence-electron chi connectivity index (χ2n) is 10.8. The maximum Gasteiger partial charge on any atom is 0.321 e. The molecule has 194 valence electrons. The summed E-state index contributed by atoms with van der Waals surface area (Å²) in [6.45, 7) is 4.40. The molecule has 1 atom stereocenters. The number of likely N-dealkylation sites (tertiary alicyclic amines) is 2. The second-order valence-corrected chi connectivity index (χ2v) is 10.8. The average molecular weight is 496 g/mol. The highest BCUT2D eigenvalue weighted by atomic mass is 16.4. The number of furan rings is 1. The number of pyridine rings is 1. The largest absolute Gasteiger partial charge is 0.430 e. The summed E-state index contributed by atoms with van der Waals surface area (Å²) < 4.78 is 5.54. The molecule has 1 aliphatic carbocycles. The molecular formula is C27H37N5O4. The molecule has 2 saturated heterocycles. The molecule has 1 unspecified atom stereocenters. The Hall–Kier alpha value is -3.10. The molecule has 3 aliphatic rings. The van der Waals surface area contributed by atoms with Gasteiger partial charge in [-0.1, -0.05) is 32.1 Å². The minimum atomic E-state index is -0.774. The normalized spacial score (nSPS) is 22.1. The molecule has 0 bridgehead atoms. The first-order valence-electron chi connectivity index (χ1n) is 13.5. The van der Waals surface area contributed by atoms with E-state index in [0.29, 0.717) is 18.5 Å². The maximum absolute atomic E-state index is 13.4. The van der Waals surface area contributed by atoms with Crippen LogP contribution in [-0.2, 0) is 4.79 Å². The monoisotopic (exact) mass is 495 g/mol. The molecule has 5 rings (SSSR count). The predicted octanol–water partition coefficient (Wildman–Crippen LogP) is 4.30. The molecule has 2 aliphatic heterocycles. The number of fused-ring (bicyclic) bond motifs is 1. The van der Waals surface area contributed by atoms with Crippen LogP contribution in [0.25, 0.3) is 11.1 Å². The van der Waals surface area contributed by atoms with Crippen molar-refractivity contribution in [2.45, 2.75) is 64.7 Å². The van der Waals surface area contributed by atoms with E-state index in [1.165, 1.54) is 32.1 Å². The zero-order chi connectivity index (χ0) is 25.2. The number of urea groups is 1. The maximum atomic E-state index is 13.4. The van der Waals surface area contributed by atoms with Crippen LogP contribution in [0.2, 0.25) is 0 Å². The van der Waals surface area contributed by atoms with E-state index in [1.807, 2.05) is 11.8 Å². The van der Waals surface area contributed by atoms with E-state index in [2.05, 4.69) is 10.3 Å². The molecule has 2 aromatic rings. The zero-order valence-electron chi connectivity index (χ0n) is 21.1. The Kier molecular flexibility index (Phi) is 7.16. The smallest absolute Gasteiger partial charge is 0.321 e. The van der Waals surface area contributed by atoms with Gasteiger partial charge in [-0.2, -0.15) is 0 Å². The Morgan fingerprint density at radius 1 is 0.944 bits per heavy atom. The quantitative estimate of drug-likeness (QED) is 0.655. The van der Waals surface area contributed by atoms with Crippen molar-refractivity contribution in [3.63, 3.8) is 0 Å². The molecule has 3 N–H and O–H groups in total. The Labute approximate surface area is 211 Å². The van der Waals surface area contributed by atoms with Gasteiger partial charge in [-0.25, -0.2) is 9.78 Å². The summed E-state index contributed by atoms with van der Waals surface area (Å²) in [5.41, 5.74) is 6.71. The van der Waals surface area contributed by atoms with Gasteiger partial charge in [0.25, 0.3) is 5.91 Å². The summed E-state index contributed by atoms with van der Waals surface area (Å²) in [5, 5.41) is 3.33. The summed E-state index contributed by atoms with van der Waals surface area (Å²) in [4.78, 5) is 46.5. The number of aryl methyl sites for hydroxylation is 1. The number of aromatic nitrogens is 1. The number of hydrogen-bond donors (Lipinski definition) is 2. The molecule has 36 heavy (non-hydrogen) atoms. The van der Waals surface area contributed by atoms with Crippen LogP contribution in [0.3, 0.4) is 0 Å². The first-order chi connectivity index (χ1) is 17.4. The van der Waals surface area contributed by atoms with E-state index in [1.54, 1.807) is 17.0 Å². The van der Waals surface area contributed by atoms with Gasteiger partial charge < -0.3 is 25.3 Å². The zero-order valence-corrected chi connectivity index (χ0v) is 21.1. The molecule has 0 radical (unpaired) electrons. The first-order valence-corrected chi connectivity index (χ1v) is 13.5. The van der Waals surface area contributed by atoms with Crippen molar-refractivity contribution in [1.29, 1.82) is 0 Å². The molecule has 3 fully saturated rings. The number of anilines is 1. The first kappa shape index (κ1) is 24.6. The summed E-state index contributed by atoms with van der Waals surface area (Å²) in [6, 6.07) is 3.17. The number of nitrogens with two attached hydrogens (primary N) is 1. The minimum Gasteiger partial charge on any atom is -0.430 e. The summed E-state index contributed by atoms with van der Waals surface area (Å²) in [5.74, 6) is 0.669. The third-order valence-electron chi connectivity index (χ3n) is 8.38. The van der Waals surface area contributed by atoms with E-state index in [0.717, 1.165) is 56.3 Å². The average Bonchev–Trinajstić information content (AvgIpc) is 3.26. The summed E-state index contributed by atoms with van der Waals surface area (Å²) in [6.07, 6.45) is 10.5. The predicted molar refractivity (Wildman–Crippen MR) is 136 cm³/mol. The van der Waals surface area contributed by atoms with Gasteiger partial charge in [0.15, 0.2) is 0 Å². The van der Waals surface area contributed by atoms with Crippen LogP contribution in [0.1, 0.15) is 74.0 Å². The number of nitrogens with one attached hydrogen (secondary N) is 1. The fourth-order valence-corrected chi connectivity index (χ4v) is 6.37. The van der Waals surface area contributed by atoms with Gasteiger partial charge in [0.1, 0.15) is 5.69 Å². The lowest BCUT2D eigenvalue weighted by molar-refractivity contribution is -0.138. The number of primary amides is 1. The molecular weight excluding hydrogens is 458 g/mol. The van der Waals surface area contributed by atoms with E-state index in [4.69, 9.17) is 10.2 Å². The lowest BCUT2D eigenvalue weighted by Gasteiger charge is -2.40. The van der Waals surface area contributed by atoms with Crippen molar-refractivity contribution in [3.05, 3.63) is 23.6 Å². The molecule has 2 aromatic heterocycles. The molecule has 1 saturated carbocycles. The van der Waals surface area contributed by atoms with Crippen LogP contribution in [0.4, 0.5) is 10.5 Å². The fraction of sp³-hybridized carbons (Fsp3) is 0.630. The van der Waals surface area contributed by atoms with Crippen LogP contribution < -0.4 is 11.1 Å². The standard InChI is InChI=1S/C27H37N5O4/c1-17-9-10-21-22(23(24(28)33)36-25(21)29-17)30-27(35)32-13-5-8-20(16-32)26(34)31-14-11-19(12-15-31)18-6-3-2-4-7-18/h9-10,18-20H,2-8,11-16H2,1H3,(H2,28,33)(H,30,35). The number of rotatable bonds is 4. The third kappa shape index (κ3) is 5.06. The van der Waals surface area contributed by atoms with Crippen molar-refractivity contribution in [3.8, 4) is 0 Å². The topological polar surface area (TPSA) is 122 Å². The van der Waals surface area contributed by atoms with E-state index < -0.39 is 5.91 Å². The van der Waals surface area contributed by atoms with Gasteiger partial charge in [0.05, 0.1) is 11.3 Å². The number of amides is 4. The molecule has 4 amide bonds. The number of carbonyl (C=O) groups is 3. The van der Waals surface area contributed by atoms with Crippen molar-refractivity contribution >= 4 is 34.6 Å². The lowest BCUT2D eigenvalue weighted by atomic mass is 9.75. The second kappa shape index (κ2) is 10.5. The van der Waals surface area contributed by atoms with E-state index in [-0.39, 0.29) is 35.0 Å². The fourth-order valence-electron chi connectivity index (χ4n) is 6.37. The van der Waals surface area contributed by atoms with Crippen molar-refractivity contribution in [1.82, 2.24) is 14.8 Å². The van der Waals surface area contributed by atoms with Crippen LogP contribution in [-0.4, -0.2) is 58.8 Å². The van der Waals surface area contributed by atoms with Gasteiger partial charge in [-0.05, 0) is 56.6 Å². The van der Waals surface area contributed by atoms with E-state index in [9.17, 15) is 14.4 Å². The SMILES string of the molecule is Cc1ccc2c(NC(=O)N3CCCC(C(=O)N4CCC(C5CCCCC5)CC4)C3)c(C(N)=O)oc2n1. The number of carbonyl (C=O) groups excluding carboxylic acids is 3. The van der Waals surface area contributed by atoms with Crippen LogP contribution in [0, 0.1) is 24.7 Å². The highest BCUT2D eigenvalue weighted by molar-refractivity contribution is 6.09. The van der Waals surface area contributed by atoms with Crippen LogP contribution in [0.15, 0.2) is 16.5 Å². The van der Waals surface area contributed by atoms with Gasteiger partial charge in [0.2, 0.25) is 17.4 Å². The highest BCUT2D eigenvalue weighted by Crippen LogP contribution is 2.36. The summed E-state index contributed by atoms with van der Waals surface area (Å²) >= 11 is 0. The Morgan fingerprint density at radius 2 is 1.67 bits per heavy atom. The molecule has 9 nitrogen and oxygen atoms in total. The summed E-state index contributed by atoms with van der Waals surface area (Å²) in [7, 11) is 0. The van der Waals surface area contributed by atoms with E-state index >= 15 is 0 Å². The van der Waals surface area contributed by atoms with Crippen molar-refractivity contribution in [2.24, 2.45) is 23.5 Å². The van der Waals surface area contributed by atoms with Crippen molar-refractivity contribution < 1.29 is 18.8 Å².